The number of benzene rings is 3. The number of halogens is 2. The Kier molecular flexibility index (Phi) is 15.6. The van der Waals surface area contributed by atoms with E-state index < -0.39 is 0 Å². The summed E-state index contributed by atoms with van der Waals surface area (Å²) < 4.78 is 25.8. The summed E-state index contributed by atoms with van der Waals surface area (Å²) in [7, 11) is 1.70. The molecule has 3 aromatic rings. The quantitative estimate of drug-likeness (QED) is 0.0550. The molecule has 0 heterocycles. The lowest BCUT2D eigenvalue weighted by molar-refractivity contribution is -0.0594. The van der Waals surface area contributed by atoms with Gasteiger partial charge in [-0.25, -0.2) is 4.79 Å². The summed E-state index contributed by atoms with van der Waals surface area (Å²) in [4.78, 5) is 13.5. The number of rotatable bonds is 18. The second-order valence-electron chi connectivity index (χ2n) is 19.7. The molecular weight excluding hydrogens is 970 g/mol. The summed E-state index contributed by atoms with van der Waals surface area (Å²) in [6, 6.07) is 20.2. The Morgan fingerprint density at radius 1 is 0.750 bits per heavy atom. The Balaban J connectivity index is 0.833. The lowest BCUT2D eigenvalue weighted by Gasteiger charge is -2.58. The lowest BCUT2D eigenvalue weighted by Crippen LogP contribution is -2.51. The molecule has 0 amide bonds. The van der Waals surface area contributed by atoms with Crippen molar-refractivity contribution >= 4 is 51.2 Å². The molecule has 0 spiro atoms. The van der Waals surface area contributed by atoms with Crippen molar-refractivity contribution in [1.82, 2.24) is 0 Å². The number of carbonyl (C=O) groups excluding carboxylic acids is 1. The van der Waals surface area contributed by atoms with E-state index in [0.717, 1.165) is 116 Å². The largest absolute Gasteiger partial charge is 0.496 e. The second-order valence-corrected chi connectivity index (χ2v) is 22.0. The van der Waals surface area contributed by atoms with Crippen LogP contribution < -0.4 is 14.2 Å². The summed E-state index contributed by atoms with van der Waals surface area (Å²) in [5.41, 5.74) is 5.15. The van der Waals surface area contributed by atoms with E-state index in [9.17, 15) is 4.79 Å². The summed E-state index contributed by atoms with van der Waals surface area (Å²) in [6.07, 6.45) is 20.8. The molecule has 3 saturated carbocycles. The highest BCUT2D eigenvalue weighted by molar-refractivity contribution is 14.1. The molecule has 0 saturated heterocycles. The molecule has 7 heteroatoms. The Bertz CT molecular complexity index is 1920. The minimum absolute atomic E-state index is 0.0377. The average molecular weight is 1040 g/mol. The number of hydrogen-bond acceptors (Lipinski definition) is 5. The first kappa shape index (κ1) is 45.7. The molecular formula is C53H70I2O5. The maximum Gasteiger partial charge on any atom is 0.338 e. The second kappa shape index (κ2) is 20.5. The zero-order chi connectivity index (χ0) is 42.4. The van der Waals surface area contributed by atoms with Crippen LogP contribution in [0.3, 0.4) is 0 Å². The van der Waals surface area contributed by atoms with Gasteiger partial charge >= 0.3 is 5.97 Å². The van der Waals surface area contributed by atoms with Crippen molar-refractivity contribution in [3.63, 3.8) is 0 Å². The molecule has 0 aromatic heterocycles. The van der Waals surface area contributed by atoms with E-state index in [0.29, 0.717) is 24.2 Å². The van der Waals surface area contributed by atoms with E-state index in [1.807, 2.05) is 48.5 Å². The number of hydrogen-bond donors (Lipinski definition) is 0. The molecule has 8 atom stereocenters. The standard InChI is InChI=1S/C53H70I2O5/c1-35(2)12-11-13-36(3)44-24-25-45-43-23-20-40-32-42(26-28-52(40,4)46(43)27-29-53(44,45)5)60-51(56)39-16-14-37(15-17-39)38-18-21-41(22-19-38)58-30-9-7-8-10-31-59-50-34-47(54)49(57-6)33-48(50)55/h14-22,33-36,42-46H,7-13,23-32H2,1-6H3/t36-,42+,43+,44-,45+,46+,52+,53-/m1/s1. The van der Waals surface area contributed by atoms with Crippen LogP contribution in [-0.4, -0.2) is 32.4 Å². The fraction of sp³-hybridized carbons (Fsp3) is 0.604. The first-order valence-corrected chi connectivity index (χ1v) is 25.4. The van der Waals surface area contributed by atoms with Crippen LogP contribution in [0.4, 0.5) is 0 Å². The van der Waals surface area contributed by atoms with Gasteiger partial charge in [0, 0.05) is 6.42 Å². The van der Waals surface area contributed by atoms with E-state index in [2.05, 4.69) is 98.0 Å². The number of methoxy groups -OCH3 is 1. The first-order valence-electron chi connectivity index (χ1n) is 23.3. The Hall–Kier alpha value is -2.27. The molecule has 7 rings (SSSR count). The summed E-state index contributed by atoms with van der Waals surface area (Å²) in [6.45, 7) is 14.0. The van der Waals surface area contributed by atoms with Gasteiger partial charge in [-0.1, -0.05) is 89.8 Å². The minimum atomic E-state index is -0.199. The van der Waals surface area contributed by atoms with E-state index in [4.69, 9.17) is 18.9 Å². The average Bonchev–Trinajstić information content (AvgIpc) is 3.60. The van der Waals surface area contributed by atoms with Crippen LogP contribution in [-0.2, 0) is 4.74 Å². The molecule has 4 aliphatic carbocycles. The predicted molar refractivity (Wildman–Crippen MR) is 262 cm³/mol. The van der Waals surface area contributed by atoms with Crippen LogP contribution in [0.25, 0.3) is 11.1 Å². The SMILES string of the molecule is COc1cc(I)c(OCCCCCCOc2ccc(-c3ccc(C(=O)O[C@H]4CC[C@@]5(C)C(=CC[C@H]6[C@@H]7CC[C@H]([C@H](C)CCCC(C)C)[C@@]7(C)CC[C@@H]65)C4)cc3)cc2)cc1I. The molecule has 0 N–H and O–H groups in total. The number of carbonyl (C=O) groups is 1. The van der Waals surface area contributed by atoms with Crippen LogP contribution >= 0.6 is 45.2 Å². The van der Waals surface area contributed by atoms with Crippen LogP contribution in [0.5, 0.6) is 17.2 Å². The molecule has 3 aromatic carbocycles. The van der Waals surface area contributed by atoms with Crippen LogP contribution in [0.1, 0.15) is 141 Å². The zero-order valence-electron chi connectivity index (χ0n) is 37.2. The molecule has 4 aliphatic rings. The van der Waals surface area contributed by atoms with Crippen LogP contribution in [0, 0.1) is 53.5 Å². The van der Waals surface area contributed by atoms with Crippen molar-refractivity contribution in [3.05, 3.63) is 85.0 Å². The van der Waals surface area contributed by atoms with Crippen LogP contribution in [0.15, 0.2) is 72.3 Å². The monoisotopic (exact) mass is 1040 g/mol. The third-order valence-electron chi connectivity index (χ3n) is 15.6. The molecule has 0 bridgehead atoms. The van der Waals surface area contributed by atoms with E-state index >= 15 is 0 Å². The Labute approximate surface area is 389 Å². The highest BCUT2D eigenvalue weighted by Gasteiger charge is 2.59. The number of fused-ring (bicyclic) bond motifs is 5. The van der Waals surface area contributed by atoms with E-state index in [1.54, 1.807) is 12.7 Å². The third kappa shape index (κ3) is 10.4. The van der Waals surface area contributed by atoms with Gasteiger partial charge in [0.05, 0.1) is 33.0 Å². The van der Waals surface area contributed by atoms with Crippen molar-refractivity contribution in [3.8, 4) is 28.4 Å². The molecule has 5 nitrogen and oxygen atoms in total. The fourth-order valence-corrected chi connectivity index (χ4v) is 13.5. The summed E-state index contributed by atoms with van der Waals surface area (Å²) in [5.74, 6) is 7.50. The molecule has 0 unspecified atom stereocenters. The smallest absolute Gasteiger partial charge is 0.338 e. The third-order valence-corrected chi connectivity index (χ3v) is 17.3. The lowest BCUT2D eigenvalue weighted by atomic mass is 9.47. The van der Waals surface area contributed by atoms with Crippen LogP contribution in [0.2, 0.25) is 0 Å². The van der Waals surface area contributed by atoms with Gasteiger partial charge < -0.3 is 18.9 Å². The highest BCUT2D eigenvalue weighted by atomic mass is 127. The zero-order valence-corrected chi connectivity index (χ0v) is 41.5. The van der Waals surface area contributed by atoms with Crippen molar-refractivity contribution in [2.24, 2.45) is 46.3 Å². The minimum Gasteiger partial charge on any atom is -0.496 e. The first-order chi connectivity index (χ1) is 28.9. The van der Waals surface area contributed by atoms with Gasteiger partial charge in [-0.05, 0) is 210 Å². The topological polar surface area (TPSA) is 54.0 Å². The summed E-state index contributed by atoms with van der Waals surface area (Å²) in [5, 5.41) is 0. The maximum atomic E-state index is 13.5. The Morgan fingerprint density at radius 2 is 1.42 bits per heavy atom. The number of esters is 1. The molecule has 326 valence electrons. The normalized spacial score (nSPS) is 27.6. The van der Waals surface area contributed by atoms with Crippen molar-refractivity contribution in [2.45, 2.75) is 137 Å². The molecule has 60 heavy (non-hydrogen) atoms. The van der Waals surface area contributed by atoms with Gasteiger partial charge in [-0.2, -0.15) is 0 Å². The van der Waals surface area contributed by atoms with E-state index in [1.165, 1.54) is 51.4 Å². The van der Waals surface area contributed by atoms with Crippen molar-refractivity contribution < 1.29 is 23.7 Å². The molecule has 0 aliphatic heterocycles. The van der Waals surface area contributed by atoms with Gasteiger partial charge in [-0.15, -0.1) is 0 Å². The number of ether oxygens (including phenoxy) is 4. The van der Waals surface area contributed by atoms with Gasteiger partial charge in [0.25, 0.3) is 0 Å². The van der Waals surface area contributed by atoms with Gasteiger partial charge in [0.2, 0.25) is 0 Å². The maximum absolute atomic E-state index is 13.5. The van der Waals surface area contributed by atoms with Gasteiger partial charge in [0.15, 0.2) is 0 Å². The molecule has 0 radical (unpaired) electrons. The van der Waals surface area contributed by atoms with Crippen molar-refractivity contribution in [2.75, 3.05) is 20.3 Å². The van der Waals surface area contributed by atoms with Gasteiger partial charge in [0.1, 0.15) is 23.4 Å². The number of unbranched alkanes of at least 4 members (excludes halogenated alkanes) is 3. The highest BCUT2D eigenvalue weighted by Crippen LogP contribution is 2.67. The van der Waals surface area contributed by atoms with E-state index in [-0.39, 0.29) is 17.5 Å². The summed E-state index contributed by atoms with van der Waals surface area (Å²) >= 11 is 4.58. The fourth-order valence-electron chi connectivity index (χ4n) is 12.2. The van der Waals surface area contributed by atoms with Crippen molar-refractivity contribution in [1.29, 1.82) is 0 Å². The van der Waals surface area contributed by atoms with Gasteiger partial charge in [-0.3, -0.25) is 0 Å². The predicted octanol–water partition coefficient (Wildman–Crippen LogP) is 15.2. The number of allylic oxidation sites excluding steroid dienone is 1. The Morgan fingerprint density at radius 3 is 2.12 bits per heavy atom. The molecule has 3 fully saturated rings.